The van der Waals surface area contributed by atoms with Crippen molar-refractivity contribution in [1.29, 1.82) is 0 Å². The van der Waals surface area contributed by atoms with E-state index in [2.05, 4.69) is 28.6 Å². The van der Waals surface area contributed by atoms with Crippen molar-refractivity contribution in [2.75, 3.05) is 24.6 Å². The molecular weight excluding hydrogens is 314 g/mol. The molecule has 0 fully saturated rings. The van der Waals surface area contributed by atoms with Gasteiger partial charge in [-0.15, -0.1) is 0 Å². The number of esters is 1. The molecule has 0 saturated carbocycles. The first-order chi connectivity index (χ1) is 12.1. The summed E-state index contributed by atoms with van der Waals surface area (Å²) in [5, 5.41) is 8.52. The van der Waals surface area contributed by atoms with Crippen LogP contribution in [0.5, 0.6) is 0 Å². The highest BCUT2D eigenvalue weighted by Crippen LogP contribution is 2.22. The Morgan fingerprint density at radius 3 is 2.52 bits per heavy atom. The first kappa shape index (κ1) is 18.4. The Balaban J connectivity index is 1.97. The lowest BCUT2D eigenvalue weighted by Crippen LogP contribution is -2.27. The Hall–Kier alpha value is -2.95. The van der Waals surface area contributed by atoms with E-state index in [1.807, 2.05) is 55.5 Å². The fourth-order valence-corrected chi connectivity index (χ4v) is 2.32. The molecule has 2 aromatic carbocycles. The number of carbonyl (C=O) groups excluding carboxylic acids is 1. The SMILES string of the molecule is C=CC(=O)OCCN(CC)c1ccc(N=Nc2cccc(C)c2)cc1. The molecule has 0 heterocycles. The summed E-state index contributed by atoms with van der Waals surface area (Å²) in [5.41, 5.74) is 3.83. The Morgan fingerprint density at radius 2 is 1.88 bits per heavy atom. The van der Waals surface area contributed by atoms with Gasteiger partial charge in [0.15, 0.2) is 0 Å². The number of azo groups is 1. The van der Waals surface area contributed by atoms with Crippen LogP contribution in [0.2, 0.25) is 0 Å². The number of hydrogen-bond donors (Lipinski definition) is 0. The van der Waals surface area contributed by atoms with Crippen LogP contribution >= 0.6 is 0 Å². The van der Waals surface area contributed by atoms with Gasteiger partial charge >= 0.3 is 5.97 Å². The zero-order valence-corrected chi connectivity index (χ0v) is 14.7. The minimum atomic E-state index is -0.400. The van der Waals surface area contributed by atoms with E-state index in [1.165, 1.54) is 6.08 Å². The van der Waals surface area contributed by atoms with Crippen molar-refractivity contribution < 1.29 is 9.53 Å². The number of hydrogen-bond acceptors (Lipinski definition) is 5. The van der Waals surface area contributed by atoms with Gasteiger partial charge in [0.2, 0.25) is 0 Å². The number of nitrogens with zero attached hydrogens (tertiary/aromatic N) is 3. The van der Waals surface area contributed by atoms with E-state index in [1.54, 1.807) is 0 Å². The summed E-state index contributed by atoms with van der Waals surface area (Å²) in [4.78, 5) is 13.2. The molecule has 0 spiro atoms. The first-order valence-electron chi connectivity index (χ1n) is 8.25. The average molecular weight is 337 g/mol. The maximum Gasteiger partial charge on any atom is 0.330 e. The van der Waals surface area contributed by atoms with Gasteiger partial charge in [-0.25, -0.2) is 4.79 Å². The molecule has 25 heavy (non-hydrogen) atoms. The minimum absolute atomic E-state index is 0.327. The molecule has 130 valence electrons. The van der Waals surface area contributed by atoms with Crippen LogP contribution in [0.25, 0.3) is 0 Å². The number of carbonyl (C=O) groups is 1. The van der Waals surface area contributed by atoms with Gasteiger partial charge in [-0.1, -0.05) is 18.7 Å². The second kappa shape index (κ2) is 9.37. The van der Waals surface area contributed by atoms with Crippen molar-refractivity contribution >= 4 is 23.0 Å². The van der Waals surface area contributed by atoms with E-state index in [0.29, 0.717) is 13.2 Å². The van der Waals surface area contributed by atoms with Crippen LogP contribution in [0.3, 0.4) is 0 Å². The van der Waals surface area contributed by atoms with E-state index < -0.39 is 5.97 Å². The lowest BCUT2D eigenvalue weighted by Gasteiger charge is -2.22. The minimum Gasteiger partial charge on any atom is -0.461 e. The molecule has 0 atom stereocenters. The molecule has 0 aromatic heterocycles. The Bertz CT molecular complexity index is 739. The largest absolute Gasteiger partial charge is 0.461 e. The molecule has 0 N–H and O–H groups in total. The van der Waals surface area contributed by atoms with E-state index in [0.717, 1.165) is 29.2 Å². The predicted molar refractivity (Wildman–Crippen MR) is 101 cm³/mol. The summed E-state index contributed by atoms with van der Waals surface area (Å²) in [6, 6.07) is 15.7. The van der Waals surface area contributed by atoms with Crippen LogP contribution in [-0.4, -0.2) is 25.7 Å². The van der Waals surface area contributed by atoms with Crippen LogP contribution in [0.15, 0.2) is 71.4 Å². The van der Waals surface area contributed by atoms with Crippen LogP contribution < -0.4 is 4.90 Å². The summed E-state index contributed by atoms with van der Waals surface area (Å²) in [7, 11) is 0. The van der Waals surface area contributed by atoms with E-state index in [9.17, 15) is 4.79 Å². The van der Waals surface area contributed by atoms with Crippen LogP contribution in [0.1, 0.15) is 12.5 Å². The third-order valence-electron chi connectivity index (χ3n) is 3.65. The van der Waals surface area contributed by atoms with Crippen LogP contribution in [-0.2, 0) is 9.53 Å². The molecule has 0 aliphatic rings. The maximum absolute atomic E-state index is 11.1. The second-order valence-corrected chi connectivity index (χ2v) is 5.51. The molecule has 0 saturated heterocycles. The molecule has 2 rings (SSSR count). The first-order valence-corrected chi connectivity index (χ1v) is 8.25. The molecule has 5 nitrogen and oxygen atoms in total. The van der Waals surface area contributed by atoms with Gasteiger partial charge in [0.05, 0.1) is 17.9 Å². The average Bonchev–Trinajstić information content (AvgIpc) is 2.64. The van der Waals surface area contributed by atoms with Crippen molar-refractivity contribution in [3.05, 3.63) is 66.7 Å². The van der Waals surface area contributed by atoms with Gasteiger partial charge in [-0.05, 0) is 55.8 Å². The molecule has 2 aromatic rings. The predicted octanol–water partition coefficient (Wildman–Crippen LogP) is 4.97. The molecule has 0 bridgehead atoms. The Kier molecular flexibility index (Phi) is 6.89. The highest BCUT2D eigenvalue weighted by Gasteiger charge is 2.05. The lowest BCUT2D eigenvalue weighted by atomic mass is 10.2. The highest BCUT2D eigenvalue weighted by atomic mass is 16.5. The molecule has 0 aliphatic carbocycles. The number of ether oxygens (including phenoxy) is 1. The normalized spacial score (nSPS) is 10.6. The molecule has 5 heteroatoms. The van der Waals surface area contributed by atoms with E-state index in [-0.39, 0.29) is 0 Å². The Labute approximate surface area is 148 Å². The molecular formula is C20H23N3O2. The zero-order chi connectivity index (χ0) is 18.1. The van der Waals surface area contributed by atoms with Gasteiger partial charge in [-0.2, -0.15) is 10.2 Å². The van der Waals surface area contributed by atoms with Crippen molar-refractivity contribution in [2.24, 2.45) is 10.2 Å². The standard InChI is InChI=1S/C20H23N3O2/c1-4-20(24)25-14-13-23(5-2)19-11-9-17(10-12-19)21-22-18-8-6-7-16(3)15-18/h4,6-12,15H,1,5,13-14H2,2-3H3. The topological polar surface area (TPSA) is 54.3 Å². The lowest BCUT2D eigenvalue weighted by molar-refractivity contribution is -0.137. The van der Waals surface area contributed by atoms with Gasteiger partial charge < -0.3 is 9.64 Å². The number of anilines is 1. The monoisotopic (exact) mass is 337 g/mol. The van der Waals surface area contributed by atoms with Crippen molar-refractivity contribution in [3.63, 3.8) is 0 Å². The third kappa shape index (κ3) is 5.88. The van der Waals surface area contributed by atoms with Crippen molar-refractivity contribution in [3.8, 4) is 0 Å². The fourth-order valence-electron chi connectivity index (χ4n) is 2.32. The molecule has 0 aliphatic heterocycles. The Morgan fingerprint density at radius 1 is 1.16 bits per heavy atom. The number of aryl methyl sites for hydroxylation is 1. The van der Waals surface area contributed by atoms with Gasteiger partial charge in [0, 0.05) is 18.3 Å². The van der Waals surface area contributed by atoms with E-state index in [4.69, 9.17) is 4.74 Å². The number of likely N-dealkylation sites (N-methyl/N-ethyl adjacent to an activating group) is 1. The van der Waals surface area contributed by atoms with Gasteiger partial charge in [0.1, 0.15) is 6.61 Å². The maximum atomic E-state index is 11.1. The number of rotatable bonds is 8. The molecule has 0 radical (unpaired) electrons. The molecule has 0 amide bonds. The summed E-state index contributed by atoms with van der Waals surface area (Å²) in [5.74, 6) is -0.400. The van der Waals surface area contributed by atoms with Crippen molar-refractivity contribution in [2.45, 2.75) is 13.8 Å². The summed E-state index contributed by atoms with van der Waals surface area (Å²) < 4.78 is 5.03. The summed E-state index contributed by atoms with van der Waals surface area (Å²) in [6.45, 7) is 9.23. The highest BCUT2D eigenvalue weighted by molar-refractivity contribution is 5.81. The smallest absolute Gasteiger partial charge is 0.330 e. The number of benzene rings is 2. The van der Waals surface area contributed by atoms with Crippen LogP contribution in [0.4, 0.5) is 17.1 Å². The van der Waals surface area contributed by atoms with Gasteiger partial charge in [0.25, 0.3) is 0 Å². The second-order valence-electron chi connectivity index (χ2n) is 5.51. The fraction of sp³-hybridized carbons (Fsp3) is 0.250. The van der Waals surface area contributed by atoms with Crippen molar-refractivity contribution in [1.82, 2.24) is 0 Å². The molecule has 0 unspecified atom stereocenters. The van der Waals surface area contributed by atoms with E-state index >= 15 is 0 Å². The summed E-state index contributed by atoms with van der Waals surface area (Å²) in [6.07, 6.45) is 1.17. The quantitative estimate of drug-likeness (QED) is 0.388. The summed E-state index contributed by atoms with van der Waals surface area (Å²) >= 11 is 0. The zero-order valence-electron chi connectivity index (χ0n) is 14.7. The van der Waals surface area contributed by atoms with Crippen LogP contribution in [0, 0.1) is 6.92 Å². The van der Waals surface area contributed by atoms with Gasteiger partial charge in [-0.3, -0.25) is 0 Å². The third-order valence-corrected chi connectivity index (χ3v) is 3.65.